The van der Waals surface area contributed by atoms with Gasteiger partial charge in [0.15, 0.2) is 0 Å². The monoisotopic (exact) mass is 476 g/mol. The zero-order valence-corrected chi connectivity index (χ0v) is 19.0. The van der Waals surface area contributed by atoms with E-state index in [9.17, 15) is 17.6 Å². The summed E-state index contributed by atoms with van der Waals surface area (Å²) in [6, 6.07) is 17.1. The molecule has 0 spiro atoms. The van der Waals surface area contributed by atoms with E-state index in [1.807, 2.05) is 13.8 Å². The van der Waals surface area contributed by atoms with Crippen molar-refractivity contribution in [3.8, 4) is 5.75 Å². The summed E-state index contributed by atoms with van der Waals surface area (Å²) in [5.74, 6) is -0.453. The molecule has 3 aromatic carbocycles. The summed E-state index contributed by atoms with van der Waals surface area (Å²) in [5.41, 5.74) is 1.28. The first-order valence-corrected chi connectivity index (χ1v) is 11.5. The van der Waals surface area contributed by atoms with E-state index in [2.05, 4.69) is 5.32 Å². The van der Waals surface area contributed by atoms with Crippen LogP contribution in [0.2, 0.25) is 5.02 Å². The van der Waals surface area contributed by atoms with Crippen LogP contribution >= 0.6 is 11.6 Å². The fourth-order valence-electron chi connectivity index (χ4n) is 2.89. The maximum Gasteiger partial charge on any atom is 0.339 e. The van der Waals surface area contributed by atoms with Gasteiger partial charge in [0.05, 0.1) is 0 Å². The van der Waals surface area contributed by atoms with Gasteiger partial charge in [-0.1, -0.05) is 23.7 Å². The standard InChI is InChI=1S/C23H22ClFN2O4S/c1-16(2)27(23(28)26-20-10-6-18(24)7-11-20)15-17-4-3-5-21(14-17)31-32(29,30)22-12-8-19(25)9-13-22/h3-14,16H,15H2,1-2H3,(H,26,28). The second-order valence-corrected chi connectivity index (χ2v) is 9.28. The van der Waals surface area contributed by atoms with Crippen LogP contribution in [0.3, 0.4) is 0 Å². The van der Waals surface area contributed by atoms with Gasteiger partial charge < -0.3 is 14.4 Å². The SMILES string of the molecule is CC(C)N(Cc1cccc(OS(=O)(=O)c2ccc(F)cc2)c1)C(=O)Nc1ccc(Cl)cc1. The van der Waals surface area contributed by atoms with Crippen molar-refractivity contribution in [1.82, 2.24) is 4.90 Å². The minimum absolute atomic E-state index is 0.0913. The van der Waals surface area contributed by atoms with Gasteiger partial charge in [0.25, 0.3) is 0 Å². The maximum atomic E-state index is 13.1. The zero-order valence-electron chi connectivity index (χ0n) is 17.5. The average molecular weight is 477 g/mol. The molecule has 6 nitrogen and oxygen atoms in total. The van der Waals surface area contributed by atoms with Gasteiger partial charge in [0.2, 0.25) is 0 Å². The molecule has 9 heteroatoms. The minimum Gasteiger partial charge on any atom is -0.379 e. The number of hydrogen-bond acceptors (Lipinski definition) is 4. The lowest BCUT2D eigenvalue weighted by Crippen LogP contribution is -2.39. The molecule has 0 aromatic heterocycles. The predicted molar refractivity (Wildman–Crippen MR) is 122 cm³/mol. The fourth-order valence-corrected chi connectivity index (χ4v) is 3.93. The van der Waals surface area contributed by atoms with Crippen molar-refractivity contribution in [3.63, 3.8) is 0 Å². The van der Waals surface area contributed by atoms with Crippen molar-refractivity contribution in [3.05, 3.63) is 89.2 Å². The molecule has 0 aliphatic heterocycles. The Hall–Kier alpha value is -3.10. The molecule has 2 amide bonds. The Balaban J connectivity index is 1.74. The molecule has 32 heavy (non-hydrogen) atoms. The molecule has 0 fully saturated rings. The van der Waals surface area contributed by atoms with E-state index >= 15 is 0 Å². The van der Waals surface area contributed by atoms with Crippen LogP contribution < -0.4 is 9.50 Å². The molecule has 1 N–H and O–H groups in total. The molecule has 3 aromatic rings. The lowest BCUT2D eigenvalue weighted by atomic mass is 10.2. The number of nitrogens with one attached hydrogen (secondary N) is 1. The number of carbonyl (C=O) groups excluding carboxylic acids is 1. The highest BCUT2D eigenvalue weighted by molar-refractivity contribution is 7.87. The third-order valence-electron chi connectivity index (χ3n) is 4.54. The number of amides is 2. The number of benzene rings is 3. The number of halogens is 2. The fraction of sp³-hybridized carbons (Fsp3) is 0.174. The Morgan fingerprint density at radius 2 is 1.72 bits per heavy atom. The molecule has 0 aliphatic rings. The molecule has 0 heterocycles. The third-order valence-corrected chi connectivity index (χ3v) is 6.05. The van der Waals surface area contributed by atoms with Gasteiger partial charge in [-0.2, -0.15) is 8.42 Å². The molecule has 0 atom stereocenters. The highest BCUT2D eigenvalue weighted by atomic mass is 35.5. The van der Waals surface area contributed by atoms with Gasteiger partial charge in [0.1, 0.15) is 16.5 Å². The summed E-state index contributed by atoms with van der Waals surface area (Å²) < 4.78 is 43.2. The number of rotatable bonds is 7. The number of nitrogens with zero attached hydrogens (tertiary/aromatic N) is 1. The zero-order chi connectivity index (χ0) is 23.3. The Morgan fingerprint density at radius 3 is 2.34 bits per heavy atom. The van der Waals surface area contributed by atoms with Gasteiger partial charge in [-0.05, 0) is 80.1 Å². The quantitative estimate of drug-likeness (QED) is 0.444. The summed E-state index contributed by atoms with van der Waals surface area (Å²) >= 11 is 5.88. The van der Waals surface area contributed by atoms with Crippen molar-refractivity contribution >= 4 is 33.4 Å². The van der Waals surface area contributed by atoms with E-state index in [1.165, 1.54) is 6.07 Å². The van der Waals surface area contributed by atoms with E-state index in [0.29, 0.717) is 16.3 Å². The molecule has 168 valence electrons. The van der Waals surface area contributed by atoms with Gasteiger partial charge >= 0.3 is 16.1 Å². The molecule has 0 aliphatic carbocycles. The third kappa shape index (κ3) is 6.21. The second kappa shape index (κ2) is 10.0. The molecular weight excluding hydrogens is 455 g/mol. The van der Waals surface area contributed by atoms with Crippen molar-refractivity contribution in [1.29, 1.82) is 0 Å². The van der Waals surface area contributed by atoms with Crippen molar-refractivity contribution in [2.75, 3.05) is 5.32 Å². The van der Waals surface area contributed by atoms with Gasteiger partial charge in [-0.3, -0.25) is 0 Å². The van der Waals surface area contributed by atoms with E-state index in [-0.39, 0.29) is 29.3 Å². The minimum atomic E-state index is -4.12. The number of anilines is 1. The molecule has 3 rings (SSSR count). The number of hydrogen-bond donors (Lipinski definition) is 1. The summed E-state index contributed by atoms with van der Waals surface area (Å²) in [5, 5.41) is 3.39. The first-order valence-electron chi connectivity index (χ1n) is 9.76. The van der Waals surface area contributed by atoms with Crippen molar-refractivity contribution < 1.29 is 21.8 Å². The summed E-state index contributed by atoms with van der Waals surface area (Å²) in [6.07, 6.45) is 0. The van der Waals surface area contributed by atoms with Crippen LogP contribution in [0.15, 0.2) is 77.7 Å². The van der Waals surface area contributed by atoms with Crippen LogP contribution in [0, 0.1) is 5.82 Å². The summed E-state index contributed by atoms with van der Waals surface area (Å²) in [6.45, 7) is 3.98. The lowest BCUT2D eigenvalue weighted by molar-refractivity contribution is 0.193. The largest absolute Gasteiger partial charge is 0.379 e. The van der Waals surface area contributed by atoms with Crippen molar-refractivity contribution in [2.24, 2.45) is 0 Å². The topological polar surface area (TPSA) is 75.7 Å². The average Bonchev–Trinajstić information content (AvgIpc) is 2.73. The van der Waals surface area contributed by atoms with Crippen molar-refractivity contribution in [2.45, 2.75) is 31.3 Å². The van der Waals surface area contributed by atoms with Crippen LogP contribution in [0.1, 0.15) is 19.4 Å². The Kier molecular flexibility index (Phi) is 7.37. The molecule has 0 radical (unpaired) electrons. The van der Waals surface area contributed by atoms with E-state index in [1.54, 1.807) is 47.4 Å². The molecular formula is C23H22ClFN2O4S. The summed E-state index contributed by atoms with van der Waals surface area (Å²) in [4.78, 5) is 14.2. The number of urea groups is 1. The van der Waals surface area contributed by atoms with E-state index in [4.69, 9.17) is 15.8 Å². The molecule has 0 saturated carbocycles. The van der Waals surface area contributed by atoms with E-state index < -0.39 is 15.9 Å². The maximum absolute atomic E-state index is 13.1. The van der Waals surface area contributed by atoms with E-state index in [0.717, 1.165) is 24.3 Å². The Bertz CT molecular complexity index is 1180. The van der Waals surface area contributed by atoms with Crippen LogP contribution in [-0.4, -0.2) is 25.4 Å². The molecule has 0 unspecified atom stereocenters. The smallest absolute Gasteiger partial charge is 0.339 e. The van der Waals surface area contributed by atoms with Crippen LogP contribution in [0.5, 0.6) is 5.75 Å². The van der Waals surface area contributed by atoms with Crippen LogP contribution in [0.4, 0.5) is 14.9 Å². The molecule has 0 bridgehead atoms. The van der Waals surface area contributed by atoms with Crippen LogP contribution in [0.25, 0.3) is 0 Å². The lowest BCUT2D eigenvalue weighted by Gasteiger charge is -2.27. The Morgan fingerprint density at radius 1 is 1.06 bits per heavy atom. The Labute approximate surface area is 191 Å². The first-order chi connectivity index (χ1) is 15.1. The van der Waals surface area contributed by atoms with Gasteiger partial charge in [0, 0.05) is 23.3 Å². The predicted octanol–water partition coefficient (Wildman–Crippen LogP) is 5.69. The second-order valence-electron chi connectivity index (χ2n) is 7.30. The normalized spacial score (nSPS) is 11.3. The highest BCUT2D eigenvalue weighted by Crippen LogP contribution is 2.22. The summed E-state index contributed by atoms with van der Waals surface area (Å²) in [7, 11) is -4.12. The highest BCUT2D eigenvalue weighted by Gasteiger charge is 2.20. The van der Waals surface area contributed by atoms with Gasteiger partial charge in [-0.15, -0.1) is 0 Å². The van der Waals surface area contributed by atoms with Gasteiger partial charge in [-0.25, -0.2) is 9.18 Å². The molecule has 0 saturated heterocycles. The van der Waals surface area contributed by atoms with Crippen LogP contribution in [-0.2, 0) is 16.7 Å². The number of carbonyl (C=O) groups is 1. The first kappa shape index (κ1) is 23.6.